The second-order valence-electron chi connectivity index (χ2n) is 8.80. The van der Waals surface area contributed by atoms with Gasteiger partial charge in [0.05, 0.1) is 5.60 Å². The maximum atomic E-state index is 12.7. The molecule has 3 fully saturated rings. The lowest BCUT2D eigenvalue weighted by Gasteiger charge is -2.43. The lowest BCUT2D eigenvalue weighted by Crippen LogP contribution is -2.52. The Labute approximate surface area is 154 Å². The number of esters is 1. The van der Waals surface area contributed by atoms with Gasteiger partial charge >= 0.3 is 5.97 Å². The molecule has 3 aliphatic rings. The Morgan fingerprint density at radius 1 is 1.23 bits per heavy atom. The van der Waals surface area contributed by atoms with Crippen molar-refractivity contribution in [2.75, 3.05) is 6.54 Å². The van der Waals surface area contributed by atoms with E-state index >= 15 is 0 Å². The van der Waals surface area contributed by atoms with E-state index in [1.807, 2.05) is 34.6 Å². The smallest absolute Gasteiger partial charge is 0.325 e. The number of hydrogen-bond donors (Lipinski definition) is 1. The van der Waals surface area contributed by atoms with Crippen LogP contribution in [0.4, 0.5) is 0 Å². The molecular formula is C18H27NO6S. The Hall–Kier alpha value is -1.41. The van der Waals surface area contributed by atoms with Crippen molar-refractivity contribution in [2.45, 2.75) is 58.5 Å². The predicted molar refractivity (Wildman–Crippen MR) is 94.4 cm³/mol. The predicted octanol–water partition coefficient (Wildman–Crippen LogP) is 1.39. The van der Waals surface area contributed by atoms with Gasteiger partial charge in [-0.2, -0.15) is 8.42 Å². The summed E-state index contributed by atoms with van der Waals surface area (Å²) >= 11 is 0. The Kier molecular flexibility index (Phi) is 3.96. The highest BCUT2D eigenvalue weighted by atomic mass is 32.2. The van der Waals surface area contributed by atoms with Gasteiger partial charge in [-0.1, -0.05) is 34.3 Å². The fourth-order valence-corrected chi connectivity index (χ4v) is 8.21. The third-order valence-corrected chi connectivity index (χ3v) is 9.21. The van der Waals surface area contributed by atoms with Crippen molar-refractivity contribution in [3.8, 4) is 0 Å². The molecule has 1 saturated heterocycles. The van der Waals surface area contributed by atoms with Crippen LogP contribution in [0.15, 0.2) is 12.2 Å². The van der Waals surface area contributed by atoms with Crippen LogP contribution in [0.5, 0.6) is 0 Å². The molecule has 0 spiro atoms. The first kappa shape index (κ1) is 19.4. The molecule has 3 rings (SSSR count). The largest absolute Gasteiger partial charge is 0.459 e. The van der Waals surface area contributed by atoms with Crippen LogP contribution in [0.3, 0.4) is 0 Å². The van der Waals surface area contributed by atoms with E-state index in [0.29, 0.717) is 0 Å². The Bertz CT molecular complexity index is 802. The molecular weight excluding hydrogens is 358 g/mol. The molecule has 7 nitrogen and oxygen atoms in total. The van der Waals surface area contributed by atoms with Gasteiger partial charge in [0, 0.05) is 16.9 Å². The first-order valence-corrected chi connectivity index (χ1v) is 10.3. The summed E-state index contributed by atoms with van der Waals surface area (Å²) in [6, 6.07) is 0. The minimum Gasteiger partial charge on any atom is -0.459 e. The van der Waals surface area contributed by atoms with Crippen LogP contribution in [0.2, 0.25) is 0 Å². The van der Waals surface area contributed by atoms with Gasteiger partial charge < -0.3 is 10.1 Å². The molecule has 0 aromatic heterocycles. The molecule has 1 heterocycles. The summed E-state index contributed by atoms with van der Waals surface area (Å²) in [7, 11) is -3.85. The molecule has 6 unspecified atom stereocenters. The van der Waals surface area contributed by atoms with Crippen LogP contribution < -0.4 is 5.32 Å². The van der Waals surface area contributed by atoms with Crippen molar-refractivity contribution in [2.24, 2.45) is 22.7 Å². The van der Waals surface area contributed by atoms with Gasteiger partial charge in [0.1, 0.15) is 17.9 Å². The van der Waals surface area contributed by atoms with Crippen molar-refractivity contribution >= 4 is 22.0 Å². The quantitative estimate of drug-likeness (QED) is 0.446. The molecule has 6 atom stereocenters. The van der Waals surface area contributed by atoms with Crippen LogP contribution >= 0.6 is 0 Å². The fourth-order valence-electron chi connectivity index (χ4n) is 5.76. The Morgan fingerprint density at radius 2 is 1.81 bits per heavy atom. The Balaban J connectivity index is 1.90. The number of carbonyl (C=O) groups excluding carboxylic acids is 2. The van der Waals surface area contributed by atoms with Gasteiger partial charge in [-0.15, -0.1) is 0 Å². The van der Waals surface area contributed by atoms with Crippen molar-refractivity contribution in [1.82, 2.24) is 5.32 Å². The standard InChI is InChI=1S/C18H27NO6S/c1-9(2)15(21)19-8-11(20)24-14-12-13-16(4,5)17(14,6)10(3)18(13,7)25-26(12,22)23/h10,12-14H,1,8H2,2-7H3,(H,19,21). The second-order valence-corrected chi connectivity index (χ2v) is 10.5. The fraction of sp³-hybridized carbons (Fsp3) is 0.778. The molecule has 146 valence electrons. The summed E-state index contributed by atoms with van der Waals surface area (Å²) in [6.45, 7) is 14.5. The lowest BCUT2D eigenvalue weighted by molar-refractivity contribution is -0.161. The van der Waals surface area contributed by atoms with E-state index in [9.17, 15) is 18.0 Å². The first-order chi connectivity index (χ1) is 11.7. The van der Waals surface area contributed by atoms with Gasteiger partial charge in [-0.25, -0.2) is 0 Å². The lowest BCUT2D eigenvalue weighted by atomic mass is 9.65. The van der Waals surface area contributed by atoms with Crippen molar-refractivity contribution in [3.63, 3.8) is 0 Å². The van der Waals surface area contributed by atoms with Gasteiger partial charge in [-0.05, 0) is 25.2 Å². The summed E-state index contributed by atoms with van der Waals surface area (Å²) in [5, 5.41) is 1.54. The van der Waals surface area contributed by atoms with Crippen LogP contribution in [-0.2, 0) is 28.6 Å². The van der Waals surface area contributed by atoms with Gasteiger partial charge in [0.25, 0.3) is 10.1 Å². The molecule has 0 radical (unpaired) electrons. The zero-order valence-corrected chi connectivity index (χ0v) is 16.9. The Morgan fingerprint density at radius 3 is 2.35 bits per heavy atom. The van der Waals surface area contributed by atoms with E-state index in [1.54, 1.807) is 0 Å². The number of hydrogen-bond acceptors (Lipinski definition) is 6. The summed E-state index contributed by atoms with van der Waals surface area (Å²) in [5.74, 6) is -1.49. The van der Waals surface area contributed by atoms with E-state index in [-0.39, 0.29) is 29.4 Å². The van der Waals surface area contributed by atoms with E-state index < -0.39 is 44.4 Å². The molecule has 8 heteroatoms. The molecule has 1 N–H and O–H groups in total. The maximum Gasteiger partial charge on any atom is 0.325 e. The minimum absolute atomic E-state index is 0.119. The van der Waals surface area contributed by atoms with Gasteiger partial charge in [0.15, 0.2) is 0 Å². The second kappa shape index (κ2) is 5.32. The SMILES string of the molecule is C=C(C)C(=O)NCC(=O)OC1C2C3C(C)(OS2(=O)=O)C(C)C1(C)C3(C)C. The molecule has 1 aliphatic heterocycles. The first-order valence-electron chi connectivity index (χ1n) is 8.79. The number of ether oxygens (including phenoxy) is 1. The van der Waals surface area contributed by atoms with Crippen LogP contribution in [0.25, 0.3) is 0 Å². The van der Waals surface area contributed by atoms with E-state index in [1.165, 1.54) is 6.92 Å². The summed E-state index contributed by atoms with van der Waals surface area (Å²) < 4.78 is 36.6. The highest BCUT2D eigenvalue weighted by Gasteiger charge is 2.85. The number of fused-ring (bicyclic) bond motifs is 1. The van der Waals surface area contributed by atoms with Crippen molar-refractivity contribution in [3.05, 3.63) is 12.2 Å². The van der Waals surface area contributed by atoms with Crippen LogP contribution in [0.1, 0.15) is 41.5 Å². The number of amides is 1. The molecule has 2 saturated carbocycles. The van der Waals surface area contributed by atoms with Gasteiger partial charge in [-0.3, -0.25) is 13.8 Å². The van der Waals surface area contributed by atoms with Crippen LogP contribution in [-0.4, -0.2) is 43.8 Å². The monoisotopic (exact) mass is 385 g/mol. The van der Waals surface area contributed by atoms with E-state index in [4.69, 9.17) is 8.92 Å². The normalized spacial score (nSPS) is 43.9. The average molecular weight is 385 g/mol. The zero-order valence-electron chi connectivity index (χ0n) is 16.1. The summed E-state index contributed by atoms with van der Waals surface area (Å²) in [6.07, 6.45) is -0.813. The molecule has 1 amide bonds. The number of rotatable bonds is 4. The van der Waals surface area contributed by atoms with Gasteiger partial charge in [0.2, 0.25) is 5.91 Å². The molecule has 2 aliphatic carbocycles. The van der Waals surface area contributed by atoms with Crippen molar-refractivity contribution < 1.29 is 26.9 Å². The zero-order chi connectivity index (χ0) is 19.9. The number of nitrogens with one attached hydrogen (secondary N) is 1. The van der Waals surface area contributed by atoms with Crippen LogP contribution in [0, 0.1) is 22.7 Å². The maximum absolute atomic E-state index is 12.7. The topological polar surface area (TPSA) is 98.8 Å². The third kappa shape index (κ3) is 2.11. The molecule has 0 aromatic rings. The molecule has 0 aromatic carbocycles. The van der Waals surface area contributed by atoms with E-state index in [0.717, 1.165) is 0 Å². The summed E-state index contributed by atoms with van der Waals surface area (Å²) in [4.78, 5) is 23.9. The summed E-state index contributed by atoms with van der Waals surface area (Å²) in [5.41, 5.74) is -1.46. The number of carbonyl (C=O) groups is 2. The average Bonchev–Trinajstić information content (AvgIpc) is 2.87. The third-order valence-electron chi connectivity index (χ3n) is 7.43. The highest BCUT2D eigenvalue weighted by molar-refractivity contribution is 7.87. The highest BCUT2D eigenvalue weighted by Crippen LogP contribution is 2.77. The molecule has 2 bridgehead atoms. The van der Waals surface area contributed by atoms with E-state index in [2.05, 4.69) is 11.9 Å². The van der Waals surface area contributed by atoms with Crippen molar-refractivity contribution in [1.29, 1.82) is 0 Å². The minimum atomic E-state index is -3.85. The molecule has 26 heavy (non-hydrogen) atoms.